The van der Waals surface area contributed by atoms with Gasteiger partial charge in [-0.15, -0.1) is 0 Å². The van der Waals surface area contributed by atoms with E-state index in [2.05, 4.69) is 10.3 Å². The SMILES string of the molecule is CC(C)CC(=O)N1CCOC(Cc2ccccn2)(C(=O)NCc2ccccc2)C1. The molecule has 1 saturated heterocycles. The Bertz CT molecular complexity index is 811. The Morgan fingerprint density at radius 1 is 1.17 bits per heavy atom. The van der Waals surface area contributed by atoms with Gasteiger partial charge in [0.2, 0.25) is 5.91 Å². The number of carbonyl (C=O) groups excluding carboxylic acids is 2. The topological polar surface area (TPSA) is 71.5 Å². The summed E-state index contributed by atoms with van der Waals surface area (Å²) in [5.74, 6) is 0.112. The minimum atomic E-state index is -1.14. The van der Waals surface area contributed by atoms with Crippen LogP contribution in [0.3, 0.4) is 0 Å². The highest BCUT2D eigenvalue weighted by molar-refractivity contribution is 5.87. The molecule has 0 bridgehead atoms. The lowest BCUT2D eigenvalue weighted by Crippen LogP contribution is -2.62. The van der Waals surface area contributed by atoms with E-state index in [-0.39, 0.29) is 24.3 Å². The fraction of sp³-hybridized carbons (Fsp3) is 0.435. The minimum Gasteiger partial charge on any atom is -0.361 e. The molecule has 1 aliphatic rings. The average molecular weight is 396 g/mol. The van der Waals surface area contributed by atoms with Gasteiger partial charge in [-0.2, -0.15) is 0 Å². The Balaban J connectivity index is 1.79. The molecule has 0 radical (unpaired) electrons. The Kier molecular flexibility index (Phi) is 6.99. The van der Waals surface area contributed by atoms with E-state index in [0.29, 0.717) is 32.5 Å². The molecule has 1 atom stereocenters. The molecule has 0 aliphatic carbocycles. The van der Waals surface area contributed by atoms with E-state index >= 15 is 0 Å². The Morgan fingerprint density at radius 2 is 1.93 bits per heavy atom. The summed E-state index contributed by atoms with van der Waals surface area (Å²) in [4.78, 5) is 32.1. The summed E-state index contributed by atoms with van der Waals surface area (Å²) in [6, 6.07) is 15.4. The van der Waals surface area contributed by atoms with E-state index in [9.17, 15) is 9.59 Å². The van der Waals surface area contributed by atoms with Gasteiger partial charge < -0.3 is 15.0 Å². The molecule has 1 aromatic heterocycles. The van der Waals surface area contributed by atoms with Crippen molar-refractivity contribution in [3.8, 4) is 0 Å². The monoisotopic (exact) mass is 395 g/mol. The van der Waals surface area contributed by atoms with E-state index < -0.39 is 5.60 Å². The van der Waals surface area contributed by atoms with Gasteiger partial charge in [0.15, 0.2) is 5.60 Å². The summed E-state index contributed by atoms with van der Waals surface area (Å²) in [6.45, 7) is 5.51. The van der Waals surface area contributed by atoms with E-state index in [1.807, 2.05) is 62.4 Å². The van der Waals surface area contributed by atoms with Gasteiger partial charge in [-0.25, -0.2) is 0 Å². The van der Waals surface area contributed by atoms with E-state index in [4.69, 9.17) is 4.74 Å². The Morgan fingerprint density at radius 3 is 2.62 bits per heavy atom. The van der Waals surface area contributed by atoms with Gasteiger partial charge in [0.1, 0.15) is 0 Å². The highest BCUT2D eigenvalue weighted by atomic mass is 16.5. The van der Waals surface area contributed by atoms with Crippen molar-refractivity contribution >= 4 is 11.8 Å². The summed E-state index contributed by atoms with van der Waals surface area (Å²) in [7, 11) is 0. The summed E-state index contributed by atoms with van der Waals surface area (Å²) in [5, 5.41) is 3.00. The van der Waals surface area contributed by atoms with Crippen molar-refractivity contribution in [2.75, 3.05) is 19.7 Å². The molecule has 1 fully saturated rings. The molecule has 6 heteroatoms. The first-order valence-electron chi connectivity index (χ1n) is 10.1. The molecule has 2 amide bonds. The fourth-order valence-electron chi connectivity index (χ4n) is 3.53. The molecule has 6 nitrogen and oxygen atoms in total. The third-order valence-corrected chi connectivity index (χ3v) is 5.02. The molecule has 3 rings (SSSR count). The number of benzene rings is 1. The number of morpholine rings is 1. The lowest BCUT2D eigenvalue weighted by Gasteiger charge is -2.41. The molecule has 1 aromatic carbocycles. The van der Waals surface area contributed by atoms with Crippen LogP contribution in [0.5, 0.6) is 0 Å². The molecule has 1 unspecified atom stereocenters. The molecule has 154 valence electrons. The van der Waals surface area contributed by atoms with Crippen molar-refractivity contribution in [1.82, 2.24) is 15.2 Å². The van der Waals surface area contributed by atoms with Gasteiger partial charge in [0.05, 0.1) is 13.2 Å². The number of pyridine rings is 1. The predicted molar refractivity (Wildman–Crippen MR) is 111 cm³/mol. The zero-order valence-corrected chi connectivity index (χ0v) is 17.1. The standard InChI is InChI=1S/C23H29N3O3/c1-18(2)14-21(27)26-12-13-29-23(17-26,15-20-10-6-7-11-24-20)22(28)25-16-19-8-4-3-5-9-19/h3-11,18H,12-17H2,1-2H3,(H,25,28). The lowest BCUT2D eigenvalue weighted by molar-refractivity contribution is -0.166. The summed E-state index contributed by atoms with van der Waals surface area (Å²) < 4.78 is 6.06. The zero-order valence-electron chi connectivity index (χ0n) is 17.1. The van der Waals surface area contributed by atoms with Crippen molar-refractivity contribution in [3.05, 3.63) is 66.0 Å². The third kappa shape index (κ3) is 5.64. The van der Waals surface area contributed by atoms with Crippen LogP contribution in [0.2, 0.25) is 0 Å². The quantitative estimate of drug-likeness (QED) is 0.782. The molecular formula is C23H29N3O3. The second kappa shape index (κ2) is 9.65. The minimum absolute atomic E-state index is 0.0598. The van der Waals surface area contributed by atoms with Gasteiger partial charge in [-0.3, -0.25) is 14.6 Å². The van der Waals surface area contributed by atoms with Crippen LogP contribution in [0, 0.1) is 5.92 Å². The van der Waals surface area contributed by atoms with Crippen molar-refractivity contribution < 1.29 is 14.3 Å². The van der Waals surface area contributed by atoms with E-state index in [1.54, 1.807) is 11.1 Å². The maximum absolute atomic E-state index is 13.3. The van der Waals surface area contributed by atoms with Crippen LogP contribution in [-0.2, 0) is 27.3 Å². The largest absolute Gasteiger partial charge is 0.361 e. The zero-order chi connectivity index (χ0) is 20.7. The molecule has 29 heavy (non-hydrogen) atoms. The number of rotatable bonds is 7. The number of carbonyl (C=O) groups is 2. The van der Waals surface area contributed by atoms with Crippen LogP contribution in [-0.4, -0.2) is 47.0 Å². The normalized spacial score (nSPS) is 19.2. The van der Waals surface area contributed by atoms with Gasteiger partial charge in [0, 0.05) is 37.8 Å². The van der Waals surface area contributed by atoms with Crippen molar-refractivity contribution in [3.63, 3.8) is 0 Å². The van der Waals surface area contributed by atoms with Crippen LogP contribution in [0.1, 0.15) is 31.5 Å². The first-order valence-corrected chi connectivity index (χ1v) is 10.1. The first kappa shape index (κ1) is 21.0. The number of nitrogens with one attached hydrogen (secondary N) is 1. The summed E-state index contributed by atoms with van der Waals surface area (Å²) in [5.41, 5.74) is 0.631. The molecule has 1 N–H and O–H groups in total. The molecule has 0 spiro atoms. The first-order chi connectivity index (χ1) is 14.0. The van der Waals surface area contributed by atoms with E-state index in [1.165, 1.54) is 0 Å². The number of amides is 2. The highest BCUT2D eigenvalue weighted by Crippen LogP contribution is 2.24. The van der Waals surface area contributed by atoms with Crippen molar-refractivity contribution in [2.45, 2.75) is 38.8 Å². The second-order valence-corrected chi connectivity index (χ2v) is 7.92. The lowest BCUT2D eigenvalue weighted by atomic mass is 9.92. The van der Waals surface area contributed by atoms with Gasteiger partial charge >= 0.3 is 0 Å². The fourth-order valence-corrected chi connectivity index (χ4v) is 3.53. The van der Waals surface area contributed by atoms with Crippen LogP contribution in [0.25, 0.3) is 0 Å². The number of ether oxygens (including phenoxy) is 1. The van der Waals surface area contributed by atoms with Crippen LogP contribution < -0.4 is 5.32 Å². The predicted octanol–water partition coefficient (Wildman–Crippen LogP) is 2.58. The summed E-state index contributed by atoms with van der Waals surface area (Å²) in [6.07, 6.45) is 2.49. The molecule has 2 heterocycles. The van der Waals surface area contributed by atoms with E-state index in [0.717, 1.165) is 11.3 Å². The molecule has 2 aromatic rings. The molecular weight excluding hydrogens is 366 g/mol. The van der Waals surface area contributed by atoms with Crippen molar-refractivity contribution in [2.24, 2.45) is 5.92 Å². The van der Waals surface area contributed by atoms with Crippen LogP contribution in [0.15, 0.2) is 54.7 Å². The average Bonchev–Trinajstić information content (AvgIpc) is 2.73. The number of nitrogens with zero attached hydrogens (tertiary/aromatic N) is 2. The van der Waals surface area contributed by atoms with Crippen molar-refractivity contribution in [1.29, 1.82) is 0 Å². The van der Waals surface area contributed by atoms with Crippen LogP contribution in [0.4, 0.5) is 0 Å². The smallest absolute Gasteiger partial charge is 0.254 e. The molecule has 0 saturated carbocycles. The maximum Gasteiger partial charge on any atom is 0.254 e. The van der Waals surface area contributed by atoms with Gasteiger partial charge in [-0.1, -0.05) is 50.2 Å². The summed E-state index contributed by atoms with van der Waals surface area (Å²) >= 11 is 0. The number of aromatic nitrogens is 1. The third-order valence-electron chi connectivity index (χ3n) is 5.02. The Hall–Kier alpha value is -2.73. The molecule has 1 aliphatic heterocycles. The van der Waals surface area contributed by atoms with Gasteiger partial charge in [-0.05, 0) is 23.6 Å². The van der Waals surface area contributed by atoms with Crippen LogP contribution >= 0.6 is 0 Å². The number of hydrogen-bond acceptors (Lipinski definition) is 4. The van der Waals surface area contributed by atoms with Gasteiger partial charge in [0.25, 0.3) is 5.91 Å². The maximum atomic E-state index is 13.3. The number of hydrogen-bond donors (Lipinski definition) is 1. The second-order valence-electron chi connectivity index (χ2n) is 7.92. The highest BCUT2D eigenvalue weighted by Gasteiger charge is 2.45. The Labute approximate surface area is 172 Å².